The summed E-state index contributed by atoms with van der Waals surface area (Å²) < 4.78 is 1.03. The molecule has 0 saturated heterocycles. The van der Waals surface area contributed by atoms with E-state index >= 15 is 0 Å². The number of rotatable bonds is 4. The molecule has 1 amide bonds. The van der Waals surface area contributed by atoms with Gasteiger partial charge in [-0.1, -0.05) is 39.8 Å². The van der Waals surface area contributed by atoms with Crippen LogP contribution >= 0.6 is 39.0 Å². The predicted molar refractivity (Wildman–Crippen MR) is 99.8 cm³/mol. The Bertz CT molecular complexity index is 877. The van der Waals surface area contributed by atoms with Crippen molar-refractivity contribution in [2.45, 2.75) is 24.1 Å². The summed E-state index contributed by atoms with van der Waals surface area (Å²) in [7, 11) is 0. The van der Waals surface area contributed by atoms with Crippen molar-refractivity contribution in [1.29, 1.82) is 0 Å². The van der Waals surface area contributed by atoms with Gasteiger partial charge in [0, 0.05) is 14.9 Å². The highest BCUT2D eigenvalue weighted by Gasteiger charge is 2.20. The number of thiophene rings is 1. The van der Waals surface area contributed by atoms with Gasteiger partial charge in [0.1, 0.15) is 16.2 Å². The Morgan fingerprint density at radius 3 is 2.65 bits per heavy atom. The molecule has 0 aliphatic heterocycles. The molecule has 0 aliphatic rings. The van der Waals surface area contributed by atoms with Gasteiger partial charge in [-0.2, -0.15) is 0 Å². The lowest BCUT2D eigenvalue weighted by Gasteiger charge is -2.09. The van der Waals surface area contributed by atoms with Crippen LogP contribution in [0.15, 0.2) is 40.1 Å². The van der Waals surface area contributed by atoms with Gasteiger partial charge >= 0.3 is 0 Å². The van der Waals surface area contributed by atoms with Gasteiger partial charge in [-0.05, 0) is 31.5 Å². The fourth-order valence-electron chi connectivity index (χ4n) is 2.30. The third-order valence-electron chi connectivity index (χ3n) is 3.45. The van der Waals surface area contributed by atoms with Crippen LogP contribution in [0.1, 0.15) is 11.8 Å². The van der Waals surface area contributed by atoms with E-state index in [0.717, 1.165) is 30.8 Å². The molecule has 2 N–H and O–H groups in total. The summed E-state index contributed by atoms with van der Waals surface area (Å²) >= 11 is 6.48. The van der Waals surface area contributed by atoms with Crippen LogP contribution < -0.4 is 5.73 Å². The van der Waals surface area contributed by atoms with Crippen LogP contribution in [0.3, 0.4) is 0 Å². The Hall–Kier alpha value is -1.44. The molecule has 7 heteroatoms. The average molecular weight is 408 g/mol. The molecule has 1 atom stereocenters. The van der Waals surface area contributed by atoms with E-state index in [4.69, 9.17) is 5.73 Å². The van der Waals surface area contributed by atoms with Crippen LogP contribution in [0.25, 0.3) is 21.3 Å². The van der Waals surface area contributed by atoms with Crippen molar-refractivity contribution in [2.75, 3.05) is 0 Å². The number of hydrogen-bond donors (Lipinski definition) is 1. The lowest BCUT2D eigenvalue weighted by Crippen LogP contribution is -2.22. The SMILES string of the molecule is Cc1sc2ncnc(SC(C)C(N)=O)c2c1-c1ccc(Br)cc1. The van der Waals surface area contributed by atoms with Crippen molar-refractivity contribution < 1.29 is 4.79 Å². The van der Waals surface area contributed by atoms with E-state index in [1.165, 1.54) is 16.6 Å². The van der Waals surface area contributed by atoms with Crippen molar-refractivity contribution in [2.24, 2.45) is 5.73 Å². The molecular formula is C16H14BrN3OS2. The molecule has 1 unspecified atom stereocenters. The average Bonchev–Trinajstić information content (AvgIpc) is 2.85. The number of carbonyl (C=O) groups excluding carboxylic acids is 1. The molecule has 3 rings (SSSR count). The molecular weight excluding hydrogens is 394 g/mol. The second-order valence-corrected chi connectivity index (χ2v) is 8.51. The lowest BCUT2D eigenvalue weighted by atomic mass is 10.0. The molecule has 0 aliphatic carbocycles. The van der Waals surface area contributed by atoms with Gasteiger partial charge in [0.15, 0.2) is 0 Å². The standard InChI is InChI=1S/C16H14BrN3OS2/c1-8-12(10-3-5-11(17)6-4-10)13-15(22-8)19-7-20-16(13)23-9(2)14(18)21/h3-7,9H,1-2H3,(H2,18,21). The lowest BCUT2D eigenvalue weighted by molar-refractivity contribution is -0.117. The fourth-order valence-corrected chi connectivity index (χ4v) is 4.51. The molecule has 2 aromatic heterocycles. The fraction of sp³-hybridized carbons (Fsp3) is 0.188. The highest BCUT2D eigenvalue weighted by Crippen LogP contribution is 2.42. The first-order valence-electron chi connectivity index (χ1n) is 6.93. The number of fused-ring (bicyclic) bond motifs is 1. The highest BCUT2D eigenvalue weighted by molar-refractivity contribution is 9.10. The third-order valence-corrected chi connectivity index (χ3v) is 6.11. The number of halogens is 1. The maximum absolute atomic E-state index is 11.4. The molecule has 0 radical (unpaired) electrons. The van der Waals surface area contributed by atoms with Crippen LogP contribution in [0.5, 0.6) is 0 Å². The summed E-state index contributed by atoms with van der Waals surface area (Å²) in [5.41, 5.74) is 7.63. The Kier molecular flexibility index (Phi) is 4.70. The van der Waals surface area contributed by atoms with Gasteiger partial charge in [-0.15, -0.1) is 11.3 Å². The number of nitrogens with zero attached hydrogens (tertiary/aromatic N) is 2. The van der Waals surface area contributed by atoms with E-state index in [9.17, 15) is 4.79 Å². The molecule has 1 aromatic carbocycles. The zero-order valence-corrected chi connectivity index (χ0v) is 15.8. The van der Waals surface area contributed by atoms with E-state index in [1.807, 2.05) is 12.1 Å². The number of primary amides is 1. The van der Waals surface area contributed by atoms with Gasteiger partial charge in [0.05, 0.1) is 10.6 Å². The first-order chi connectivity index (χ1) is 11.0. The van der Waals surface area contributed by atoms with Gasteiger partial charge in [-0.25, -0.2) is 9.97 Å². The maximum atomic E-state index is 11.4. The van der Waals surface area contributed by atoms with Crippen molar-refractivity contribution in [3.63, 3.8) is 0 Å². The molecule has 0 spiro atoms. The van der Waals surface area contributed by atoms with E-state index < -0.39 is 0 Å². The third kappa shape index (κ3) is 3.27. The summed E-state index contributed by atoms with van der Waals surface area (Å²) in [5.74, 6) is -0.348. The van der Waals surface area contributed by atoms with E-state index in [2.05, 4.69) is 45.0 Å². The largest absolute Gasteiger partial charge is 0.369 e. The Morgan fingerprint density at radius 2 is 2.00 bits per heavy atom. The van der Waals surface area contributed by atoms with Gasteiger partial charge in [-0.3, -0.25) is 4.79 Å². The minimum Gasteiger partial charge on any atom is -0.369 e. The van der Waals surface area contributed by atoms with Crippen molar-refractivity contribution in [3.8, 4) is 11.1 Å². The highest BCUT2D eigenvalue weighted by atomic mass is 79.9. The first-order valence-corrected chi connectivity index (χ1v) is 9.42. The number of amides is 1. The molecule has 2 heterocycles. The first kappa shape index (κ1) is 16.4. The Morgan fingerprint density at radius 1 is 1.30 bits per heavy atom. The summed E-state index contributed by atoms with van der Waals surface area (Å²) in [6, 6.07) is 8.16. The quantitative estimate of drug-likeness (QED) is 0.513. The van der Waals surface area contributed by atoms with Gasteiger partial charge in [0.25, 0.3) is 0 Å². The van der Waals surface area contributed by atoms with Crippen LogP contribution in [-0.4, -0.2) is 21.1 Å². The number of aromatic nitrogens is 2. The molecule has 4 nitrogen and oxygen atoms in total. The van der Waals surface area contributed by atoms with Crippen LogP contribution in [0.4, 0.5) is 0 Å². The van der Waals surface area contributed by atoms with Crippen LogP contribution in [0, 0.1) is 6.92 Å². The number of thioether (sulfide) groups is 1. The van der Waals surface area contributed by atoms with E-state index in [-0.39, 0.29) is 11.2 Å². The van der Waals surface area contributed by atoms with Crippen LogP contribution in [-0.2, 0) is 4.79 Å². The smallest absolute Gasteiger partial charge is 0.230 e. The zero-order chi connectivity index (χ0) is 16.6. The van der Waals surface area contributed by atoms with E-state index in [1.54, 1.807) is 24.6 Å². The summed E-state index contributed by atoms with van der Waals surface area (Å²) in [6.07, 6.45) is 1.54. The maximum Gasteiger partial charge on any atom is 0.230 e. The number of carbonyl (C=O) groups is 1. The molecule has 3 aromatic rings. The molecule has 118 valence electrons. The molecule has 23 heavy (non-hydrogen) atoms. The normalized spacial score (nSPS) is 12.5. The topological polar surface area (TPSA) is 68.9 Å². The van der Waals surface area contributed by atoms with Crippen molar-refractivity contribution in [3.05, 3.63) is 39.9 Å². The molecule has 0 fully saturated rings. The monoisotopic (exact) mass is 407 g/mol. The number of nitrogens with two attached hydrogens (primary N) is 1. The minimum absolute atomic E-state index is 0.342. The second kappa shape index (κ2) is 6.59. The van der Waals surface area contributed by atoms with Gasteiger partial charge < -0.3 is 5.73 Å². The molecule has 0 bridgehead atoms. The number of hydrogen-bond acceptors (Lipinski definition) is 5. The summed E-state index contributed by atoms with van der Waals surface area (Å²) in [5, 5.41) is 1.45. The van der Waals surface area contributed by atoms with Crippen LogP contribution in [0.2, 0.25) is 0 Å². The number of aryl methyl sites for hydroxylation is 1. The van der Waals surface area contributed by atoms with E-state index in [0.29, 0.717) is 0 Å². The van der Waals surface area contributed by atoms with Gasteiger partial charge in [0.2, 0.25) is 5.91 Å². The van der Waals surface area contributed by atoms with Crippen molar-refractivity contribution >= 4 is 55.2 Å². The summed E-state index contributed by atoms with van der Waals surface area (Å²) in [4.78, 5) is 22.3. The summed E-state index contributed by atoms with van der Waals surface area (Å²) in [6.45, 7) is 3.87. The Labute approximate surface area is 150 Å². The Balaban J connectivity index is 2.19. The second-order valence-electron chi connectivity index (χ2n) is 5.06. The molecule has 0 saturated carbocycles. The predicted octanol–water partition coefficient (Wildman–Crippen LogP) is 4.40. The van der Waals surface area contributed by atoms with Crippen molar-refractivity contribution in [1.82, 2.24) is 9.97 Å². The minimum atomic E-state index is -0.348. The number of benzene rings is 1. The zero-order valence-electron chi connectivity index (χ0n) is 12.5.